The van der Waals surface area contributed by atoms with Gasteiger partial charge in [-0.05, 0) is 50.1 Å². The van der Waals surface area contributed by atoms with Gasteiger partial charge in [0.25, 0.3) is 0 Å². The SMILES string of the molecule is N#Cc1ccc(N2C[C@H](NC(=O)CCCCN)C[C@H](C(F)(F)F)C2)c2cccnc12. The molecule has 0 unspecified atom stereocenters. The van der Waals surface area contributed by atoms with Crippen molar-refractivity contribution >= 4 is 22.5 Å². The second-order valence-corrected chi connectivity index (χ2v) is 7.53. The Morgan fingerprint density at radius 1 is 1.30 bits per heavy atom. The third-order valence-electron chi connectivity index (χ3n) is 5.34. The molecule has 1 saturated heterocycles. The van der Waals surface area contributed by atoms with E-state index in [2.05, 4.69) is 16.4 Å². The molecule has 0 aliphatic carbocycles. The molecular formula is C21H24F3N5O. The number of fused-ring (bicyclic) bond motifs is 1. The fourth-order valence-electron chi connectivity index (χ4n) is 3.89. The number of rotatable bonds is 6. The molecule has 1 aliphatic rings. The van der Waals surface area contributed by atoms with E-state index < -0.39 is 18.1 Å². The molecule has 30 heavy (non-hydrogen) atoms. The van der Waals surface area contributed by atoms with E-state index in [-0.39, 0.29) is 31.8 Å². The Morgan fingerprint density at radius 2 is 2.10 bits per heavy atom. The number of hydrogen-bond donors (Lipinski definition) is 2. The maximum atomic E-state index is 13.6. The Labute approximate surface area is 172 Å². The second kappa shape index (κ2) is 9.30. The molecular weight excluding hydrogens is 395 g/mol. The summed E-state index contributed by atoms with van der Waals surface area (Å²) in [5.74, 6) is -1.83. The summed E-state index contributed by atoms with van der Waals surface area (Å²) >= 11 is 0. The van der Waals surface area contributed by atoms with E-state index in [0.717, 1.165) is 0 Å². The molecule has 0 saturated carbocycles. The quantitative estimate of drug-likeness (QED) is 0.702. The first-order chi connectivity index (χ1) is 14.3. The molecule has 9 heteroatoms. The van der Waals surface area contributed by atoms with Gasteiger partial charge < -0.3 is 16.0 Å². The van der Waals surface area contributed by atoms with E-state index in [1.807, 2.05) is 0 Å². The van der Waals surface area contributed by atoms with E-state index in [9.17, 15) is 23.2 Å². The molecule has 2 aromatic rings. The Bertz CT molecular complexity index is 940. The van der Waals surface area contributed by atoms with Gasteiger partial charge in [0.05, 0.1) is 17.0 Å². The van der Waals surface area contributed by atoms with Crippen LogP contribution in [0.5, 0.6) is 0 Å². The van der Waals surface area contributed by atoms with Crippen molar-refractivity contribution in [3.63, 3.8) is 0 Å². The zero-order valence-electron chi connectivity index (χ0n) is 16.5. The lowest BCUT2D eigenvalue weighted by atomic mass is 9.92. The average Bonchev–Trinajstić information content (AvgIpc) is 2.72. The molecule has 0 spiro atoms. The van der Waals surface area contributed by atoms with Crippen LogP contribution < -0.4 is 16.0 Å². The van der Waals surface area contributed by atoms with Gasteiger partial charge in [-0.1, -0.05) is 0 Å². The number of benzene rings is 1. The molecule has 160 valence electrons. The van der Waals surface area contributed by atoms with Crippen LogP contribution in [-0.2, 0) is 4.79 Å². The molecule has 2 heterocycles. The van der Waals surface area contributed by atoms with Gasteiger partial charge >= 0.3 is 6.18 Å². The van der Waals surface area contributed by atoms with E-state index in [4.69, 9.17) is 5.73 Å². The van der Waals surface area contributed by atoms with Crippen LogP contribution in [0.2, 0.25) is 0 Å². The largest absolute Gasteiger partial charge is 0.393 e. The Hall–Kier alpha value is -2.86. The molecule has 0 radical (unpaired) electrons. The molecule has 3 N–H and O–H groups in total. The smallest absolute Gasteiger partial charge is 0.368 e. The second-order valence-electron chi connectivity index (χ2n) is 7.53. The minimum atomic E-state index is -4.37. The highest BCUT2D eigenvalue weighted by atomic mass is 19.4. The highest BCUT2D eigenvalue weighted by Gasteiger charge is 2.45. The highest BCUT2D eigenvalue weighted by molar-refractivity contribution is 5.95. The van der Waals surface area contributed by atoms with E-state index >= 15 is 0 Å². The predicted octanol–water partition coefficient (Wildman–Crippen LogP) is 3.11. The molecule has 1 aromatic heterocycles. The summed E-state index contributed by atoms with van der Waals surface area (Å²) in [5.41, 5.74) is 6.82. The normalized spacial score (nSPS) is 19.5. The van der Waals surface area contributed by atoms with Crippen molar-refractivity contribution in [3.05, 3.63) is 36.0 Å². The Morgan fingerprint density at radius 3 is 2.80 bits per heavy atom. The number of unbranched alkanes of at least 4 members (excludes halogenated alkanes) is 1. The molecule has 0 bridgehead atoms. The lowest BCUT2D eigenvalue weighted by Gasteiger charge is -2.40. The van der Waals surface area contributed by atoms with Gasteiger partial charge in [-0.25, -0.2) is 0 Å². The van der Waals surface area contributed by atoms with Crippen LogP contribution in [0, 0.1) is 17.2 Å². The number of halogens is 3. The summed E-state index contributed by atoms with van der Waals surface area (Å²) < 4.78 is 40.8. The van der Waals surface area contributed by atoms with Crippen LogP contribution in [0.4, 0.5) is 18.9 Å². The summed E-state index contributed by atoms with van der Waals surface area (Å²) in [7, 11) is 0. The molecule has 6 nitrogen and oxygen atoms in total. The van der Waals surface area contributed by atoms with Gasteiger partial charge in [-0.3, -0.25) is 9.78 Å². The number of amides is 1. The topological polar surface area (TPSA) is 95.0 Å². The van der Waals surface area contributed by atoms with Crippen molar-refractivity contribution in [3.8, 4) is 6.07 Å². The number of carbonyl (C=O) groups excluding carboxylic acids is 1. The minimum absolute atomic E-state index is 0.158. The summed E-state index contributed by atoms with van der Waals surface area (Å²) in [6.07, 6.45) is -1.44. The number of pyridine rings is 1. The van der Waals surface area contributed by atoms with Crippen molar-refractivity contribution in [2.45, 2.75) is 37.9 Å². The number of carbonyl (C=O) groups is 1. The van der Waals surface area contributed by atoms with Crippen LogP contribution >= 0.6 is 0 Å². The lowest BCUT2D eigenvalue weighted by molar-refractivity contribution is -0.178. The van der Waals surface area contributed by atoms with Gasteiger partial charge in [0.1, 0.15) is 6.07 Å². The Kier molecular flexibility index (Phi) is 6.77. The third-order valence-corrected chi connectivity index (χ3v) is 5.34. The first kappa shape index (κ1) is 21.8. The molecule has 1 aromatic carbocycles. The summed E-state index contributed by atoms with van der Waals surface area (Å²) in [5, 5.41) is 12.7. The van der Waals surface area contributed by atoms with Crippen molar-refractivity contribution in [1.82, 2.24) is 10.3 Å². The van der Waals surface area contributed by atoms with Crippen LogP contribution in [0.3, 0.4) is 0 Å². The number of anilines is 1. The Balaban J connectivity index is 1.88. The highest BCUT2D eigenvalue weighted by Crippen LogP contribution is 2.37. The maximum absolute atomic E-state index is 13.6. The zero-order valence-corrected chi connectivity index (χ0v) is 16.5. The molecule has 1 aliphatic heterocycles. The third kappa shape index (κ3) is 5.00. The van der Waals surface area contributed by atoms with Gasteiger partial charge in [0, 0.05) is 42.8 Å². The number of alkyl halides is 3. The number of nitrogens with two attached hydrogens (primary N) is 1. The summed E-state index contributed by atoms with van der Waals surface area (Å²) in [4.78, 5) is 18.1. The monoisotopic (exact) mass is 419 g/mol. The van der Waals surface area contributed by atoms with Gasteiger partial charge in [0.2, 0.25) is 5.91 Å². The van der Waals surface area contributed by atoms with Crippen molar-refractivity contribution in [2.75, 3.05) is 24.5 Å². The average molecular weight is 419 g/mol. The standard InChI is InChI=1S/C21H24F3N5O/c22-21(23,24)15-10-16(28-19(30)5-1-2-8-25)13-29(12-15)18-7-6-14(11-26)20-17(18)4-3-9-27-20/h3-4,6-7,9,15-16H,1-2,5,8,10,12-13,25H2,(H,28,30)/t15-,16+/m0/s1. The first-order valence-corrected chi connectivity index (χ1v) is 9.92. The van der Waals surface area contributed by atoms with Gasteiger partial charge in [-0.2, -0.15) is 18.4 Å². The number of nitrogens with one attached hydrogen (secondary N) is 1. The van der Waals surface area contributed by atoms with E-state index in [1.54, 1.807) is 35.4 Å². The van der Waals surface area contributed by atoms with Crippen molar-refractivity contribution in [2.24, 2.45) is 11.7 Å². The van der Waals surface area contributed by atoms with E-state index in [1.165, 1.54) is 0 Å². The minimum Gasteiger partial charge on any atom is -0.368 e. The van der Waals surface area contributed by atoms with Crippen molar-refractivity contribution < 1.29 is 18.0 Å². The fraction of sp³-hybridized carbons (Fsp3) is 0.476. The number of aromatic nitrogens is 1. The summed E-state index contributed by atoms with van der Waals surface area (Å²) in [6, 6.07) is 8.10. The molecule has 2 atom stereocenters. The number of nitriles is 1. The van der Waals surface area contributed by atoms with E-state index in [0.29, 0.717) is 41.5 Å². The number of hydrogen-bond acceptors (Lipinski definition) is 5. The fourth-order valence-corrected chi connectivity index (χ4v) is 3.89. The first-order valence-electron chi connectivity index (χ1n) is 9.92. The van der Waals surface area contributed by atoms with Crippen LogP contribution in [0.15, 0.2) is 30.5 Å². The van der Waals surface area contributed by atoms with Crippen molar-refractivity contribution in [1.29, 1.82) is 5.26 Å². The number of nitrogens with zero attached hydrogens (tertiary/aromatic N) is 3. The van der Waals surface area contributed by atoms with Gasteiger partial charge in [0.15, 0.2) is 0 Å². The predicted molar refractivity (Wildman–Crippen MR) is 108 cm³/mol. The zero-order chi connectivity index (χ0) is 21.7. The van der Waals surface area contributed by atoms with Crippen LogP contribution in [-0.4, -0.2) is 42.7 Å². The molecule has 3 rings (SSSR count). The van der Waals surface area contributed by atoms with Gasteiger partial charge in [-0.15, -0.1) is 0 Å². The molecule has 1 amide bonds. The lowest BCUT2D eigenvalue weighted by Crippen LogP contribution is -2.54. The maximum Gasteiger partial charge on any atom is 0.393 e. The number of piperidine rings is 1. The summed E-state index contributed by atoms with van der Waals surface area (Å²) in [6.45, 7) is 0.518. The molecule has 1 fully saturated rings. The van der Waals surface area contributed by atoms with Crippen LogP contribution in [0.1, 0.15) is 31.2 Å². The van der Waals surface area contributed by atoms with Crippen LogP contribution in [0.25, 0.3) is 10.9 Å².